The number of nitrogens with one attached hydrogen (secondary N) is 1. The zero-order valence-electron chi connectivity index (χ0n) is 33.4. The van der Waals surface area contributed by atoms with Gasteiger partial charge < -0.3 is 29.3 Å². The summed E-state index contributed by atoms with van der Waals surface area (Å²) in [7, 11) is 1.67. The maximum Gasteiger partial charge on any atom is 0.255 e. The van der Waals surface area contributed by atoms with Gasteiger partial charge >= 0.3 is 0 Å². The number of ether oxygens (including phenoxy) is 2. The van der Waals surface area contributed by atoms with Crippen molar-refractivity contribution in [3.63, 3.8) is 0 Å². The van der Waals surface area contributed by atoms with Gasteiger partial charge in [-0.1, -0.05) is 36.4 Å². The largest absolute Gasteiger partial charge is 0.508 e. The summed E-state index contributed by atoms with van der Waals surface area (Å²) in [4.78, 5) is 46.4. The van der Waals surface area contributed by atoms with Crippen LogP contribution in [0.15, 0.2) is 72.8 Å². The number of hydrogen-bond donors (Lipinski definition) is 2. The first kappa shape index (κ1) is 37.6. The number of aromatic hydroxyl groups is 1. The van der Waals surface area contributed by atoms with E-state index in [0.717, 1.165) is 98.6 Å². The highest BCUT2D eigenvalue weighted by Gasteiger charge is 2.43. The number of carbonyl (C=O) groups excluding carboxylic acids is 3. The molecule has 3 saturated heterocycles. The number of anilines is 2. The van der Waals surface area contributed by atoms with E-state index in [1.54, 1.807) is 24.1 Å². The standard InChI is InChI=1S/C47H50FN5O6/c1-58-42-23-41(38(48)22-36(42)44-33(29-5-3-2-4-6-29)9-7-30-21-32(54)8-10-34(30)44)51-17-15-28(16-18-51)24-50-19-20-52-31(25-50)27-59-45-37-26-53(40-13-14-43(55)49-46(40)56)47(57)35(37)11-12-39(45)52/h2-6,8,10-12,21-23,28,31,33,40,44,54H,7,9,13-20,24-27H2,1H3,(H,49,55,56)/t31-,33+,40+,44-/m1/s1. The lowest BCUT2D eigenvalue weighted by Gasteiger charge is -2.47. The molecule has 4 atom stereocenters. The normalized spacial score (nSPS) is 24.5. The number of amides is 3. The van der Waals surface area contributed by atoms with Crippen LogP contribution in [0.5, 0.6) is 17.2 Å². The van der Waals surface area contributed by atoms with Crippen LogP contribution in [0.1, 0.15) is 82.1 Å². The molecule has 4 aromatic carbocycles. The molecular formula is C47H50FN5O6. The Labute approximate surface area is 343 Å². The van der Waals surface area contributed by atoms with Gasteiger partial charge in [-0.15, -0.1) is 0 Å². The monoisotopic (exact) mass is 799 g/mol. The van der Waals surface area contributed by atoms with Crippen molar-refractivity contribution in [2.45, 2.75) is 69.0 Å². The Kier molecular flexibility index (Phi) is 9.70. The van der Waals surface area contributed by atoms with Crippen molar-refractivity contribution in [1.29, 1.82) is 0 Å². The lowest BCUT2D eigenvalue weighted by atomic mass is 9.69. The first-order chi connectivity index (χ1) is 28.7. The highest BCUT2D eigenvalue weighted by atomic mass is 19.1. The maximum atomic E-state index is 16.4. The molecule has 3 amide bonds. The highest BCUT2D eigenvalue weighted by molar-refractivity contribution is 6.06. The topological polar surface area (TPSA) is 115 Å². The minimum Gasteiger partial charge on any atom is -0.508 e. The van der Waals surface area contributed by atoms with E-state index in [1.807, 2.05) is 36.4 Å². The van der Waals surface area contributed by atoms with Crippen LogP contribution >= 0.6 is 0 Å². The number of benzene rings is 4. The summed E-state index contributed by atoms with van der Waals surface area (Å²) in [6.45, 7) is 5.96. The van der Waals surface area contributed by atoms with Gasteiger partial charge in [0.05, 0.1) is 31.1 Å². The number of hydrogen-bond acceptors (Lipinski definition) is 9. The van der Waals surface area contributed by atoms with Crippen LogP contribution in [0.4, 0.5) is 15.8 Å². The van der Waals surface area contributed by atoms with Gasteiger partial charge in [-0.3, -0.25) is 24.6 Å². The molecule has 0 spiro atoms. The van der Waals surface area contributed by atoms with E-state index in [0.29, 0.717) is 42.5 Å². The molecule has 5 heterocycles. The van der Waals surface area contributed by atoms with Crippen LogP contribution in [0.2, 0.25) is 0 Å². The number of aryl methyl sites for hydroxylation is 1. The number of halogens is 1. The molecule has 59 heavy (non-hydrogen) atoms. The van der Waals surface area contributed by atoms with E-state index in [4.69, 9.17) is 9.47 Å². The fourth-order valence-electron chi connectivity index (χ4n) is 10.9. The van der Waals surface area contributed by atoms with Crippen molar-refractivity contribution in [1.82, 2.24) is 15.1 Å². The van der Waals surface area contributed by atoms with Crippen LogP contribution in [-0.4, -0.2) is 97.7 Å². The Balaban J connectivity index is 0.793. The number of fused-ring (bicyclic) bond motifs is 6. The van der Waals surface area contributed by atoms with Crippen LogP contribution in [-0.2, 0) is 22.6 Å². The van der Waals surface area contributed by atoms with Gasteiger partial charge in [0.2, 0.25) is 11.8 Å². The van der Waals surface area contributed by atoms with Gasteiger partial charge in [0.25, 0.3) is 5.91 Å². The van der Waals surface area contributed by atoms with Crippen molar-refractivity contribution in [3.05, 3.63) is 112 Å². The lowest BCUT2D eigenvalue weighted by Crippen LogP contribution is -2.58. The Morgan fingerprint density at radius 1 is 0.864 bits per heavy atom. The SMILES string of the molecule is COc1cc(N2CCC(CN3CCN4c5ccc6c(c5OC[C@H]4C3)CN([C@H]3CCC(=O)NC3=O)C6=O)CC2)c(F)cc1[C@H]1c2ccc(O)cc2CC[C@H]1c1ccccc1. The number of nitrogens with zero attached hydrogens (tertiary/aromatic N) is 4. The highest BCUT2D eigenvalue weighted by Crippen LogP contribution is 2.50. The molecule has 0 saturated carbocycles. The van der Waals surface area contributed by atoms with Gasteiger partial charge in [-0.25, -0.2) is 4.39 Å². The zero-order valence-corrected chi connectivity index (χ0v) is 33.4. The molecule has 10 rings (SSSR count). The van der Waals surface area contributed by atoms with Crippen LogP contribution in [0.3, 0.4) is 0 Å². The summed E-state index contributed by atoms with van der Waals surface area (Å²) in [5.74, 6) is 1.06. The second-order valence-electron chi connectivity index (χ2n) is 17.2. The molecule has 4 aromatic rings. The number of phenolic OH excluding ortho intramolecular Hbond substituents is 1. The fourth-order valence-corrected chi connectivity index (χ4v) is 10.9. The fraction of sp³-hybridized carbons (Fsp3) is 0.426. The molecule has 306 valence electrons. The minimum atomic E-state index is -0.659. The van der Waals surface area contributed by atoms with Crippen LogP contribution in [0.25, 0.3) is 0 Å². The molecule has 12 heteroatoms. The maximum absolute atomic E-state index is 16.4. The molecule has 0 unspecified atom stereocenters. The second-order valence-corrected chi connectivity index (χ2v) is 17.2. The van der Waals surface area contributed by atoms with Crippen molar-refractivity contribution >= 4 is 29.1 Å². The molecule has 0 bridgehead atoms. The number of phenols is 1. The number of piperidine rings is 2. The Morgan fingerprint density at radius 2 is 1.69 bits per heavy atom. The summed E-state index contributed by atoms with van der Waals surface area (Å²) in [5.41, 5.74) is 7.23. The summed E-state index contributed by atoms with van der Waals surface area (Å²) >= 11 is 0. The number of piperazine rings is 1. The first-order valence-electron chi connectivity index (χ1n) is 21.2. The van der Waals surface area contributed by atoms with Gasteiger partial charge in [0.1, 0.15) is 35.7 Å². The van der Waals surface area contributed by atoms with Crippen molar-refractivity contribution in [2.75, 3.05) is 62.8 Å². The number of imide groups is 1. The number of carbonyl (C=O) groups is 3. The molecule has 5 aliphatic heterocycles. The quantitative estimate of drug-likeness (QED) is 0.219. The summed E-state index contributed by atoms with van der Waals surface area (Å²) in [5, 5.41) is 12.7. The summed E-state index contributed by atoms with van der Waals surface area (Å²) in [6, 6.07) is 23.0. The van der Waals surface area contributed by atoms with E-state index in [1.165, 1.54) is 5.56 Å². The van der Waals surface area contributed by atoms with E-state index < -0.39 is 11.9 Å². The minimum absolute atomic E-state index is 0.116. The molecule has 11 nitrogen and oxygen atoms in total. The molecule has 6 aliphatic rings. The third kappa shape index (κ3) is 6.75. The molecular weight excluding hydrogens is 750 g/mol. The van der Waals surface area contributed by atoms with Crippen LogP contribution in [0, 0.1) is 11.7 Å². The molecule has 1 aliphatic carbocycles. The Bertz CT molecular complexity index is 2310. The van der Waals surface area contributed by atoms with E-state index in [9.17, 15) is 19.5 Å². The Hall–Kier alpha value is -5.62. The third-order valence-electron chi connectivity index (χ3n) is 13.9. The van der Waals surface area contributed by atoms with Gasteiger partial charge in [0.15, 0.2) is 0 Å². The number of rotatable bonds is 7. The molecule has 0 radical (unpaired) electrons. The average Bonchev–Trinajstić information content (AvgIpc) is 3.59. The molecule has 3 fully saturated rings. The summed E-state index contributed by atoms with van der Waals surface area (Å²) < 4.78 is 28.9. The smallest absolute Gasteiger partial charge is 0.255 e. The van der Waals surface area contributed by atoms with Gasteiger partial charge in [-0.05, 0) is 91.0 Å². The summed E-state index contributed by atoms with van der Waals surface area (Å²) in [6.07, 6.45) is 4.21. The van der Waals surface area contributed by atoms with Crippen molar-refractivity contribution < 1.29 is 33.4 Å². The van der Waals surface area contributed by atoms with Gasteiger partial charge in [-0.2, -0.15) is 0 Å². The predicted molar refractivity (Wildman–Crippen MR) is 221 cm³/mol. The van der Waals surface area contributed by atoms with Crippen molar-refractivity contribution in [2.24, 2.45) is 5.92 Å². The first-order valence-corrected chi connectivity index (χ1v) is 21.2. The van der Waals surface area contributed by atoms with Crippen LogP contribution < -0.4 is 24.6 Å². The zero-order chi connectivity index (χ0) is 40.4. The van der Waals surface area contributed by atoms with Gasteiger partial charge in [0, 0.05) is 74.4 Å². The predicted octanol–water partition coefficient (Wildman–Crippen LogP) is 5.96. The number of methoxy groups -OCH3 is 1. The molecule has 2 N–H and O–H groups in total. The van der Waals surface area contributed by atoms with Crippen molar-refractivity contribution in [3.8, 4) is 17.2 Å². The van der Waals surface area contributed by atoms with E-state index in [2.05, 4.69) is 44.3 Å². The lowest BCUT2D eigenvalue weighted by molar-refractivity contribution is -0.136. The average molecular weight is 800 g/mol. The van der Waals surface area contributed by atoms with E-state index >= 15 is 4.39 Å². The van der Waals surface area contributed by atoms with E-state index in [-0.39, 0.29) is 47.7 Å². The molecule has 0 aromatic heterocycles. The third-order valence-corrected chi connectivity index (χ3v) is 13.9. The Morgan fingerprint density at radius 3 is 2.49 bits per heavy atom. The second kappa shape index (κ2) is 15.2.